The molecule has 2 heterocycles. The van der Waals surface area contributed by atoms with Crippen molar-refractivity contribution in [3.63, 3.8) is 0 Å². The van der Waals surface area contributed by atoms with Crippen LogP contribution in [0.15, 0.2) is 41.8 Å². The minimum absolute atomic E-state index is 0.191. The van der Waals surface area contributed by atoms with Crippen molar-refractivity contribution in [2.24, 2.45) is 0 Å². The first-order valence-electron chi connectivity index (χ1n) is 6.87. The van der Waals surface area contributed by atoms with Crippen LogP contribution in [0.3, 0.4) is 0 Å². The number of benzene rings is 1. The zero-order valence-electron chi connectivity index (χ0n) is 12.4. The van der Waals surface area contributed by atoms with E-state index in [1.54, 1.807) is 12.3 Å². The Balaban J connectivity index is 2.00. The van der Waals surface area contributed by atoms with Crippen molar-refractivity contribution in [1.82, 2.24) is 30.4 Å². The van der Waals surface area contributed by atoms with Crippen LogP contribution in [0.2, 0.25) is 0 Å². The first-order valence-corrected chi connectivity index (χ1v) is 6.87. The van der Waals surface area contributed by atoms with Crippen LogP contribution in [0.25, 0.3) is 11.9 Å². The number of para-hydroxylation sites is 1. The summed E-state index contributed by atoms with van der Waals surface area (Å²) in [7, 11) is 0. The Bertz CT molecular complexity index is 899. The van der Waals surface area contributed by atoms with Crippen molar-refractivity contribution in [2.45, 2.75) is 13.5 Å². The van der Waals surface area contributed by atoms with Crippen molar-refractivity contribution in [1.29, 1.82) is 0 Å². The van der Waals surface area contributed by atoms with E-state index in [1.807, 2.05) is 31.2 Å². The summed E-state index contributed by atoms with van der Waals surface area (Å²) in [5, 5.41) is 17.3. The molecule has 1 N–H and O–H groups in total. The quantitative estimate of drug-likeness (QED) is 0.762. The minimum Gasteiger partial charge on any atom is -0.488 e. The summed E-state index contributed by atoms with van der Waals surface area (Å²) in [6, 6.07) is 7.66. The van der Waals surface area contributed by atoms with Gasteiger partial charge in [-0.1, -0.05) is 30.9 Å². The Hall–Kier alpha value is -3.29. The molecule has 0 aliphatic rings. The van der Waals surface area contributed by atoms with Crippen molar-refractivity contribution >= 4 is 6.08 Å². The van der Waals surface area contributed by atoms with Crippen molar-refractivity contribution in [3.8, 4) is 11.6 Å². The first-order chi connectivity index (χ1) is 11.2. The zero-order chi connectivity index (χ0) is 16.2. The molecule has 0 unspecified atom stereocenters. The van der Waals surface area contributed by atoms with E-state index < -0.39 is 5.69 Å². The van der Waals surface area contributed by atoms with E-state index in [0.717, 1.165) is 16.0 Å². The number of nitrogens with one attached hydrogen (secondary N) is 1. The molecule has 0 spiro atoms. The molecule has 2 aromatic heterocycles. The average molecular weight is 310 g/mol. The lowest BCUT2D eigenvalue weighted by molar-refractivity contribution is 0.302. The lowest BCUT2D eigenvalue weighted by atomic mass is 10.1. The monoisotopic (exact) mass is 310 g/mol. The molecular formula is C15H14N6O2. The molecule has 0 saturated heterocycles. The summed E-state index contributed by atoms with van der Waals surface area (Å²) in [5.74, 6) is 1.01. The molecule has 0 saturated carbocycles. The summed E-state index contributed by atoms with van der Waals surface area (Å²) in [5.41, 5.74) is 1.86. The molecule has 0 aliphatic heterocycles. The summed E-state index contributed by atoms with van der Waals surface area (Å²) in [6.45, 7) is 5.90. The van der Waals surface area contributed by atoms with Gasteiger partial charge in [0.05, 0.1) is 6.20 Å². The first kappa shape index (κ1) is 14.6. The second kappa shape index (κ2) is 6.22. The van der Waals surface area contributed by atoms with E-state index in [0.29, 0.717) is 11.1 Å². The number of hydrogen-bond acceptors (Lipinski definition) is 6. The highest BCUT2D eigenvalue weighted by Gasteiger charge is 2.15. The van der Waals surface area contributed by atoms with Crippen LogP contribution >= 0.6 is 0 Å². The molecule has 0 amide bonds. The summed E-state index contributed by atoms with van der Waals surface area (Å²) >= 11 is 0. The van der Waals surface area contributed by atoms with Gasteiger partial charge in [0.25, 0.3) is 0 Å². The Morgan fingerprint density at radius 1 is 1.39 bits per heavy atom. The molecule has 23 heavy (non-hydrogen) atoms. The molecular weight excluding hydrogens is 296 g/mol. The number of nitrogens with zero attached hydrogens (tertiary/aromatic N) is 5. The van der Waals surface area contributed by atoms with Crippen molar-refractivity contribution in [2.75, 3.05) is 0 Å². The van der Waals surface area contributed by atoms with Gasteiger partial charge in [-0.2, -0.15) is 5.10 Å². The fraction of sp³-hybridized carbons (Fsp3) is 0.133. The molecule has 0 aliphatic carbocycles. The number of tetrazole rings is 1. The second-order valence-electron chi connectivity index (χ2n) is 4.78. The number of ether oxygens (including phenoxy) is 1. The molecule has 3 rings (SSSR count). The number of H-pyrrole nitrogens is 1. The Kier molecular flexibility index (Phi) is 3.96. The third-order valence-electron chi connectivity index (χ3n) is 3.33. The lowest BCUT2D eigenvalue weighted by Crippen LogP contribution is -2.20. The third kappa shape index (κ3) is 2.86. The zero-order valence-corrected chi connectivity index (χ0v) is 12.4. The largest absolute Gasteiger partial charge is 0.488 e. The minimum atomic E-state index is -0.502. The van der Waals surface area contributed by atoms with Crippen molar-refractivity contribution in [3.05, 3.63) is 64.2 Å². The van der Waals surface area contributed by atoms with E-state index in [1.165, 1.54) is 0 Å². The second-order valence-corrected chi connectivity index (χ2v) is 4.78. The number of aromatic nitrogens is 6. The molecule has 0 radical (unpaired) electrons. The lowest BCUT2D eigenvalue weighted by Gasteiger charge is -2.12. The van der Waals surface area contributed by atoms with Crippen LogP contribution in [-0.2, 0) is 6.61 Å². The highest BCUT2D eigenvalue weighted by Crippen LogP contribution is 2.21. The number of rotatable bonds is 5. The van der Waals surface area contributed by atoms with Gasteiger partial charge in [0.1, 0.15) is 12.4 Å². The van der Waals surface area contributed by atoms with Crippen LogP contribution in [0.1, 0.15) is 16.7 Å². The SMILES string of the molecule is C=Cc1cnnc(-n2nn[nH]c2=O)c1COc1ccccc1C. The third-order valence-corrected chi connectivity index (χ3v) is 3.33. The van der Waals surface area contributed by atoms with Crippen LogP contribution in [0.5, 0.6) is 5.75 Å². The standard InChI is InChI=1S/C15H14N6O2/c1-3-11-8-16-17-14(21-15(22)18-19-20-21)12(11)9-23-13-7-5-4-6-10(13)2/h3-8H,1,9H2,2H3,(H,18,20,22). The number of hydrogen-bond donors (Lipinski definition) is 1. The van der Waals surface area contributed by atoms with Crippen LogP contribution in [0, 0.1) is 6.92 Å². The summed E-state index contributed by atoms with van der Waals surface area (Å²) < 4.78 is 6.89. The van der Waals surface area contributed by atoms with E-state index in [4.69, 9.17) is 4.74 Å². The van der Waals surface area contributed by atoms with Crippen LogP contribution in [0.4, 0.5) is 0 Å². The molecule has 1 aromatic carbocycles. The fourth-order valence-electron chi connectivity index (χ4n) is 2.11. The van der Waals surface area contributed by atoms with E-state index >= 15 is 0 Å². The predicted octanol–water partition coefficient (Wildman–Crippen LogP) is 1.28. The van der Waals surface area contributed by atoms with Crippen LogP contribution < -0.4 is 10.4 Å². The average Bonchev–Trinajstić information content (AvgIpc) is 2.99. The predicted molar refractivity (Wildman–Crippen MR) is 83.2 cm³/mol. The Morgan fingerprint density at radius 3 is 2.91 bits per heavy atom. The molecule has 0 fully saturated rings. The maximum Gasteiger partial charge on any atom is 0.367 e. The number of aromatic amines is 1. The van der Waals surface area contributed by atoms with E-state index in [9.17, 15) is 4.79 Å². The van der Waals surface area contributed by atoms with Gasteiger partial charge < -0.3 is 4.74 Å². The van der Waals surface area contributed by atoms with Gasteiger partial charge in [-0.3, -0.25) is 0 Å². The maximum absolute atomic E-state index is 11.7. The highest BCUT2D eigenvalue weighted by molar-refractivity contribution is 5.54. The van der Waals surface area contributed by atoms with E-state index in [-0.39, 0.29) is 12.4 Å². The van der Waals surface area contributed by atoms with Gasteiger partial charge in [0.2, 0.25) is 0 Å². The van der Waals surface area contributed by atoms with Gasteiger partial charge in [0, 0.05) is 11.1 Å². The maximum atomic E-state index is 11.7. The molecule has 0 atom stereocenters. The van der Waals surface area contributed by atoms with Crippen molar-refractivity contribution < 1.29 is 4.74 Å². The molecule has 116 valence electrons. The highest BCUT2D eigenvalue weighted by atomic mass is 16.5. The molecule has 8 heteroatoms. The van der Waals surface area contributed by atoms with Gasteiger partial charge in [-0.05, 0) is 29.0 Å². The molecule has 3 aromatic rings. The van der Waals surface area contributed by atoms with Gasteiger partial charge in [-0.15, -0.1) is 9.78 Å². The van der Waals surface area contributed by atoms with E-state index in [2.05, 4.69) is 32.3 Å². The fourth-order valence-corrected chi connectivity index (χ4v) is 2.11. The van der Waals surface area contributed by atoms with Gasteiger partial charge in [-0.25, -0.2) is 9.89 Å². The Labute approximate surface area is 131 Å². The summed E-state index contributed by atoms with van der Waals surface area (Å²) in [6.07, 6.45) is 3.18. The Morgan fingerprint density at radius 2 is 2.22 bits per heavy atom. The number of aryl methyl sites for hydroxylation is 1. The summed E-state index contributed by atoms with van der Waals surface area (Å²) in [4.78, 5) is 11.7. The smallest absolute Gasteiger partial charge is 0.367 e. The van der Waals surface area contributed by atoms with Gasteiger partial charge >= 0.3 is 5.69 Å². The van der Waals surface area contributed by atoms with Crippen LogP contribution in [-0.4, -0.2) is 30.4 Å². The molecule has 0 bridgehead atoms. The molecule has 8 nitrogen and oxygen atoms in total. The topological polar surface area (TPSA) is 98.6 Å². The normalized spacial score (nSPS) is 10.5. The van der Waals surface area contributed by atoms with Gasteiger partial charge in [0.15, 0.2) is 5.82 Å².